The Morgan fingerprint density at radius 1 is 2.00 bits per heavy atom. The highest BCUT2D eigenvalue weighted by Gasteiger charge is 1.67. The molecule has 0 aliphatic rings. The van der Waals surface area contributed by atoms with E-state index in [4.69, 9.17) is 0 Å². The fourth-order valence-corrected chi connectivity index (χ4v) is 0.161. The fourth-order valence-electron chi connectivity index (χ4n) is 0.161. The molecule has 0 fully saturated rings. The van der Waals surface area contributed by atoms with Gasteiger partial charge in [0.25, 0.3) is 0 Å². The van der Waals surface area contributed by atoms with Crippen LogP contribution in [0.5, 0.6) is 0 Å². The molecule has 0 aliphatic carbocycles. The summed E-state index contributed by atoms with van der Waals surface area (Å²) in [4.78, 5) is 0. The van der Waals surface area contributed by atoms with Crippen molar-refractivity contribution in [2.24, 2.45) is 0 Å². The van der Waals surface area contributed by atoms with E-state index in [2.05, 4.69) is 11.3 Å². The molecule has 0 aromatic carbocycles. The quantitative estimate of drug-likeness (QED) is 0.425. The van der Waals surface area contributed by atoms with Crippen LogP contribution in [0, 0.1) is 0 Å². The third kappa shape index (κ3) is 3.50. The van der Waals surface area contributed by atoms with Crippen molar-refractivity contribution in [2.75, 3.05) is 13.7 Å². The van der Waals surface area contributed by atoms with E-state index in [9.17, 15) is 5.11 Å². The summed E-state index contributed by atoms with van der Waals surface area (Å²) in [6.45, 7) is 3.19. The SMILES string of the molecule is C=C([O-])COC. The molecule has 0 heterocycles. The summed E-state index contributed by atoms with van der Waals surface area (Å²) in [5.41, 5.74) is 0. The lowest BCUT2D eigenvalue weighted by Gasteiger charge is -2.04. The van der Waals surface area contributed by atoms with E-state index in [1.54, 1.807) is 0 Å². The second-order valence-corrected chi connectivity index (χ2v) is 0.972. The minimum atomic E-state index is -0.183. The number of ether oxygens (including phenoxy) is 1. The molecule has 0 atom stereocenters. The molecule has 0 aromatic rings. The van der Waals surface area contributed by atoms with Gasteiger partial charge >= 0.3 is 0 Å². The molecule has 36 valence electrons. The molecule has 0 aromatic heterocycles. The molecule has 0 spiro atoms. The zero-order valence-electron chi connectivity index (χ0n) is 3.73. The van der Waals surface area contributed by atoms with Gasteiger partial charge < -0.3 is 9.84 Å². The Morgan fingerprint density at radius 2 is 2.50 bits per heavy atom. The number of rotatable bonds is 2. The average molecular weight is 87.1 g/mol. The molecule has 0 unspecified atom stereocenters. The molecular weight excluding hydrogens is 80.0 g/mol. The van der Waals surface area contributed by atoms with Crippen LogP contribution in [0.3, 0.4) is 0 Å². The maximum atomic E-state index is 9.81. The molecule has 0 saturated heterocycles. The number of hydrogen-bond donors (Lipinski definition) is 0. The van der Waals surface area contributed by atoms with Gasteiger partial charge in [-0.05, 0) is 0 Å². The largest absolute Gasteiger partial charge is 0.874 e. The van der Waals surface area contributed by atoms with Gasteiger partial charge in [0.05, 0.1) is 6.61 Å². The molecule has 0 saturated carbocycles. The van der Waals surface area contributed by atoms with Crippen molar-refractivity contribution in [3.63, 3.8) is 0 Å². The second kappa shape index (κ2) is 2.72. The smallest absolute Gasteiger partial charge is 0.0567 e. The van der Waals surface area contributed by atoms with E-state index >= 15 is 0 Å². The Bertz CT molecular complexity index is 49.5. The Balaban J connectivity index is 2.83. The molecule has 2 heteroatoms. The number of methoxy groups -OCH3 is 1. The normalized spacial score (nSPS) is 8.17. The first-order valence-electron chi connectivity index (χ1n) is 1.61. The summed E-state index contributed by atoms with van der Waals surface area (Å²) in [5.74, 6) is -0.183. The molecule has 0 N–H and O–H groups in total. The van der Waals surface area contributed by atoms with E-state index in [1.165, 1.54) is 7.11 Å². The summed E-state index contributed by atoms with van der Waals surface area (Å²) in [6, 6.07) is 0. The summed E-state index contributed by atoms with van der Waals surface area (Å²) in [5, 5.41) is 9.81. The Labute approximate surface area is 37.1 Å². The van der Waals surface area contributed by atoms with Gasteiger partial charge in [-0.15, -0.1) is 12.3 Å². The molecule has 0 bridgehead atoms. The summed E-state index contributed by atoms with van der Waals surface area (Å²) in [7, 11) is 1.46. The van der Waals surface area contributed by atoms with Gasteiger partial charge in [0, 0.05) is 7.11 Å². The molecule has 0 rings (SSSR count). The van der Waals surface area contributed by atoms with Gasteiger partial charge in [0.15, 0.2) is 0 Å². The van der Waals surface area contributed by atoms with Gasteiger partial charge in [-0.2, -0.15) is 0 Å². The Morgan fingerprint density at radius 3 is 2.50 bits per heavy atom. The highest BCUT2D eigenvalue weighted by molar-refractivity contribution is 4.74. The maximum Gasteiger partial charge on any atom is 0.0567 e. The van der Waals surface area contributed by atoms with Gasteiger partial charge in [-0.1, -0.05) is 0 Å². The van der Waals surface area contributed by atoms with E-state index in [0.29, 0.717) is 0 Å². The van der Waals surface area contributed by atoms with Gasteiger partial charge in [0.2, 0.25) is 0 Å². The van der Waals surface area contributed by atoms with Crippen molar-refractivity contribution < 1.29 is 9.84 Å². The van der Waals surface area contributed by atoms with Crippen molar-refractivity contribution in [1.82, 2.24) is 0 Å². The van der Waals surface area contributed by atoms with Gasteiger partial charge in [0.1, 0.15) is 0 Å². The minimum Gasteiger partial charge on any atom is -0.874 e. The van der Waals surface area contributed by atoms with Crippen LogP contribution >= 0.6 is 0 Å². The third-order valence-electron chi connectivity index (χ3n) is 0.305. The van der Waals surface area contributed by atoms with Crippen LogP contribution in [-0.2, 0) is 4.74 Å². The zero-order valence-corrected chi connectivity index (χ0v) is 3.73. The van der Waals surface area contributed by atoms with Crippen LogP contribution in [0.15, 0.2) is 12.3 Å². The summed E-state index contributed by atoms with van der Waals surface area (Å²) < 4.78 is 4.39. The first kappa shape index (κ1) is 5.50. The predicted molar refractivity (Wildman–Crippen MR) is 21.0 cm³/mol. The van der Waals surface area contributed by atoms with E-state index < -0.39 is 0 Å². The van der Waals surface area contributed by atoms with Crippen LogP contribution < -0.4 is 5.11 Å². The lowest BCUT2D eigenvalue weighted by molar-refractivity contribution is -0.310. The minimum absolute atomic E-state index is 0.125. The second-order valence-electron chi connectivity index (χ2n) is 0.972. The molecule has 0 amide bonds. The molecule has 2 nitrogen and oxygen atoms in total. The highest BCUT2D eigenvalue weighted by atomic mass is 16.5. The van der Waals surface area contributed by atoms with Gasteiger partial charge in [-0.25, -0.2) is 0 Å². The van der Waals surface area contributed by atoms with Crippen molar-refractivity contribution in [3.8, 4) is 0 Å². The summed E-state index contributed by atoms with van der Waals surface area (Å²) in [6.07, 6.45) is 0. The van der Waals surface area contributed by atoms with Crippen molar-refractivity contribution in [1.29, 1.82) is 0 Å². The lowest BCUT2D eigenvalue weighted by atomic mass is 10.6. The van der Waals surface area contributed by atoms with Crippen LogP contribution in [0.4, 0.5) is 0 Å². The molecule has 0 aliphatic heterocycles. The van der Waals surface area contributed by atoms with Crippen LogP contribution in [0.25, 0.3) is 0 Å². The fraction of sp³-hybridized carbons (Fsp3) is 0.500. The van der Waals surface area contributed by atoms with Crippen LogP contribution in [0.1, 0.15) is 0 Å². The van der Waals surface area contributed by atoms with Crippen LogP contribution in [-0.4, -0.2) is 13.7 Å². The summed E-state index contributed by atoms with van der Waals surface area (Å²) >= 11 is 0. The highest BCUT2D eigenvalue weighted by Crippen LogP contribution is 1.71. The van der Waals surface area contributed by atoms with E-state index in [0.717, 1.165) is 0 Å². The predicted octanol–water partition coefficient (Wildman–Crippen LogP) is -0.493. The standard InChI is InChI=1S/C4H8O2/c1-4(5)3-6-2/h5H,1,3H2,2H3/p-1. The van der Waals surface area contributed by atoms with Crippen molar-refractivity contribution in [3.05, 3.63) is 12.3 Å². The zero-order chi connectivity index (χ0) is 4.99. The molecular formula is C4H7O2-. The topological polar surface area (TPSA) is 32.3 Å². The maximum absolute atomic E-state index is 9.81. The third-order valence-corrected chi connectivity index (χ3v) is 0.305. The van der Waals surface area contributed by atoms with E-state index in [1.807, 2.05) is 0 Å². The molecule has 0 radical (unpaired) electrons. The Kier molecular flexibility index (Phi) is 2.50. The number of hydrogen-bond acceptors (Lipinski definition) is 2. The van der Waals surface area contributed by atoms with Crippen molar-refractivity contribution >= 4 is 0 Å². The molecule has 6 heavy (non-hydrogen) atoms. The van der Waals surface area contributed by atoms with Gasteiger partial charge in [-0.3, -0.25) is 0 Å². The van der Waals surface area contributed by atoms with E-state index in [-0.39, 0.29) is 12.4 Å². The Hall–Kier alpha value is -0.500. The first-order valence-corrected chi connectivity index (χ1v) is 1.61. The van der Waals surface area contributed by atoms with Crippen molar-refractivity contribution in [2.45, 2.75) is 0 Å². The van der Waals surface area contributed by atoms with Crippen LogP contribution in [0.2, 0.25) is 0 Å². The first-order chi connectivity index (χ1) is 2.77. The monoisotopic (exact) mass is 87.0 g/mol. The lowest BCUT2D eigenvalue weighted by Crippen LogP contribution is -2.06. The average Bonchev–Trinajstić information content (AvgIpc) is 1.35.